The SMILES string of the molecule is c1ccc(-c2ccc3ccc4ccc(-c5c6ccccc6c(-c6ccc7ccc(-c8ccc9ccc(-c%10cccc%11cc[nH]c%10%11)nc9c8)nc7c6)c6ccccc56)nc4c3n2)cc1. The van der Waals surface area contributed by atoms with E-state index in [9.17, 15) is 0 Å². The van der Waals surface area contributed by atoms with Crippen molar-refractivity contribution in [2.45, 2.75) is 0 Å². The Morgan fingerprint density at radius 1 is 0.302 bits per heavy atom. The first-order valence-electron chi connectivity index (χ1n) is 21.3. The minimum Gasteiger partial charge on any atom is -0.361 e. The number of nitrogens with one attached hydrogen (secondary N) is 1. The van der Waals surface area contributed by atoms with Gasteiger partial charge in [0.05, 0.1) is 50.4 Å². The van der Waals surface area contributed by atoms with Crippen molar-refractivity contribution in [1.29, 1.82) is 0 Å². The van der Waals surface area contributed by atoms with Crippen molar-refractivity contribution < 1.29 is 0 Å². The number of para-hydroxylation sites is 1. The number of aromatic amines is 1. The molecule has 0 aliphatic carbocycles. The summed E-state index contributed by atoms with van der Waals surface area (Å²) in [6, 6.07) is 70.8. The molecule has 5 aromatic heterocycles. The zero-order valence-corrected chi connectivity index (χ0v) is 33.9. The molecule has 0 saturated heterocycles. The van der Waals surface area contributed by atoms with Gasteiger partial charge in [0, 0.05) is 55.4 Å². The Morgan fingerprint density at radius 3 is 1.51 bits per heavy atom. The topological polar surface area (TPSA) is 67.3 Å². The van der Waals surface area contributed by atoms with Gasteiger partial charge in [0.25, 0.3) is 0 Å². The Balaban J connectivity index is 0.945. The average Bonchev–Trinajstić information content (AvgIpc) is 3.84. The van der Waals surface area contributed by atoms with E-state index in [1.165, 1.54) is 10.9 Å². The van der Waals surface area contributed by atoms with E-state index in [1.54, 1.807) is 0 Å². The molecular weight excluding hydrogens is 767 g/mol. The highest BCUT2D eigenvalue weighted by atomic mass is 14.8. The minimum absolute atomic E-state index is 0.897. The fraction of sp³-hybridized carbons (Fsp3) is 0. The van der Waals surface area contributed by atoms with Crippen LogP contribution < -0.4 is 0 Å². The maximum atomic E-state index is 5.46. The van der Waals surface area contributed by atoms with Gasteiger partial charge in [0.2, 0.25) is 0 Å². The molecule has 8 aromatic carbocycles. The zero-order chi connectivity index (χ0) is 41.4. The molecule has 0 saturated carbocycles. The van der Waals surface area contributed by atoms with E-state index in [0.29, 0.717) is 0 Å². The molecule has 0 aliphatic heterocycles. The zero-order valence-electron chi connectivity index (χ0n) is 33.9. The van der Waals surface area contributed by atoms with Gasteiger partial charge >= 0.3 is 0 Å². The number of hydrogen-bond acceptors (Lipinski definition) is 4. The molecule has 0 fully saturated rings. The summed E-state index contributed by atoms with van der Waals surface area (Å²) in [4.78, 5) is 24.5. The van der Waals surface area contributed by atoms with Gasteiger partial charge in [0.1, 0.15) is 0 Å². The molecule has 63 heavy (non-hydrogen) atoms. The lowest BCUT2D eigenvalue weighted by molar-refractivity contribution is 1.37. The number of fused-ring (bicyclic) bond motifs is 8. The van der Waals surface area contributed by atoms with Gasteiger partial charge in [-0.15, -0.1) is 0 Å². The summed E-state index contributed by atoms with van der Waals surface area (Å²) in [6.07, 6.45) is 1.98. The molecule has 5 heterocycles. The van der Waals surface area contributed by atoms with E-state index in [-0.39, 0.29) is 0 Å². The van der Waals surface area contributed by atoms with Crippen molar-refractivity contribution in [3.05, 3.63) is 206 Å². The Kier molecular flexibility index (Phi) is 7.84. The summed E-state index contributed by atoms with van der Waals surface area (Å²) in [5, 5.41) is 10.1. The number of benzene rings is 8. The quantitative estimate of drug-likeness (QED) is 0.139. The maximum absolute atomic E-state index is 5.46. The summed E-state index contributed by atoms with van der Waals surface area (Å²) in [5.74, 6) is 0. The van der Waals surface area contributed by atoms with Gasteiger partial charge in [-0.3, -0.25) is 0 Å². The fourth-order valence-corrected chi connectivity index (χ4v) is 9.55. The highest BCUT2D eigenvalue weighted by Crippen LogP contribution is 2.44. The molecule has 0 amide bonds. The third-order valence-electron chi connectivity index (χ3n) is 12.6. The molecule has 0 spiro atoms. The van der Waals surface area contributed by atoms with E-state index >= 15 is 0 Å². The van der Waals surface area contributed by atoms with E-state index < -0.39 is 0 Å². The smallest absolute Gasteiger partial charge is 0.0972 e. The summed E-state index contributed by atoms with van der Waals surface area (Å²) < 4.78 is 0. The predicted molar refractivity (Wildman–Crippen MR) is 262 cm³/mol. The Hall–Kier alpha value is -8.54. The van der Waals surface area contributed by atoms with Crippen molar-refractivity contribution in [2.24, 2.45) is 0 Å². The normalized spacial score (nSPS) is 11.8. The van der Waals surface area contributed by atoms with Gasteiger partial charge in [-0.2, -0.15) is 0 Å². The molecule has 0 radical (unpaired) electrons. The van der Waals surface area contributed by atoms with Crippen LogP contribution in [0.4, 0.5) is 0 Å². The third kappa shape index (κ3) is 5.78. The summed E-state index contributed by atoms with van der Waals surface area (Å²) >= 11 is 0. The van der Waals surface area contributed by atoms with Crippen LogP contribution in [0.2, 0.25) is 0 Å². The largest absolute Gasteiger partial charge is 0.361 e. The second kappa shape index (κ2) is 14.0. The summed E-state index contributed by atoms with van der Waals surface area (Å²) in [6.45, 7) is 0. The number of aromatic nitrogens is 5. The van der Waals surface area contributed by atoms with Gasteiger partial charge in [-0.05, 0) is 75.1 Å². The Morgan fingerprint density at radius 2 is 0.810 bits per heavy atom. The summed E-state index contributed by atoms with van der Waals surface area (Å²) in [5.41, 5.74) is 15.1. The first-order valence-corrected chi connectivity index (χ1v) is 21.3. The van der Waals surface area contributed by atoms with Crippen molar-refractivity contribution in [3.63, 3.8) is 0 Å². The van der Waals surface area contributed by atoms with Crippen LogP contribution in [0.1, 0.15) is 0 Å². The van der Waals surface area contributed by atoms with E-state index in [2.05, 4.69) is 199 Å². The average molecular weight is 802 g/mol. The Labute approximate surface area is 362 Å². The van der Waals surface area contributed by atoms with Crippen LogP contribution in [0.5, 0.6) is 0 Å². The number of H-pyrrole nitrogens is 1. The molecule has 13 aromatic rings. The molecular formula is C58H35N5. The van der Waals surface area contributed by atoms with Crippen molar-refractivity contribution in [1.82, 2.24) is 24.9 Å². The second-order valence-electron chi connectivity index (χ2n) is 16.3. The molecule has 13 rings (SSSR count). The molecule has 0 bridgehead atoms. The predicted octanol–water partition coefficient (Wildman–Crippen LogP) is 15.0. The van der Waals surface area contributed by atoms with Crippen LogP contribution in [-0.2, 0) is 0 Å². The lowest BCUT2D eigenvalue weighted by Crippen LogP contribution is -1.94. The van der Waals surface area contributed by atoms with Gasteiger partial charge in [-0.25, -0.2) is 19.9 Å². The first kappa shape index (κ1) is 35.2. The lowest BCUT2D eigenvalue weighted by atomic mass is 9.87. The van der Waals surface area contributed by atoms with Crippen LogP contribution in [-0.4, -0.2) is 24.9 Å². The van der Waals surface area contributed by atoms with Crippen LogP contribution in [0, 0.1) is 0 Å². The van der Waals surface area contributed by atoms with E-state index in [4.69, 9.17) is 19.9 Å². The molecule has 5 nitrogen and oxygen atoms in total. The summed E-state index contributed by atoms with van der Waals surface area (Å²) in [7, 11) is 0. The van der Waals surface area contributed by atoms with Crippen LogP contribution >= 0.6 is 0 Å². The lowest BCUT2D eigenvalue weighted by Gasteiger charge is -2.18. The monoisotopic (exact) mass is 801 g/mol. The van der Waals surface area contributed by atoms with Crippen molar-refractivity contribution >= 4 is 76.1 Å². The molecule has 5 heteroatoms. The number of pyridine rings is 4. The highest BCUT2D eigenvalue weighted by Gasteiger charge is 2.19. The maximum Gasteiger partial charge on any atom is 0.0972 e. The van der Waals surface area contributed by atoms with Crippen LogP contribution in [0.3, 0.4) is 0 Å². The van der Waals surface area contributed by atoms with Crippen LogP contribution in [0.25, 0.3) is 132 Å². The highest BCUT2D eigenvalue weighted by molar-refractivity contribution is 6.22. The molecule has 292 valence electrons. The number of rotatable bonds is 5. The van der Waals surface area contributed by atoms with E-state index in [0.717, 1.165) is 121 Å². The first-order chi connectivity index (χ1) is 31.2. The van der Waals surface area contributed by atoms with Crippen molar-refractivity contribution in [2.75, 3.05) is 0 Å². The number of nitrogens with zero attached hydrogens (tertiary/aromatic N) is 4. The van der Waals surface area contributed by atoms with Gasteiger partial charge in [-0.1, -0.05) is 158 Å². The van der Waals surface area contributed by atoms with E-state index in [1.807, 2.05) is 12.3 Å². The van der Waals surface area contributed by atoms with Gasteiger partial charge in [0.15, 0.2) is 0 Å². The number of hydrogen-bond donors (Lipinski definition) is 1. The Bertz CT molecular complexity index is 3920. The minimum atomic E-state index is 0.897. The molecule has 0 atom stereocenters. The molecule has 0 unspecified atom stereocenters. The third-order valence-corrected chi connectivity index (χ3v) is 12.6. The van der Waals surface area contributed by atoms with Gasteiger partial charge < -0.3 is 4.98 Å². The van der Waals surface area contributed by atoms with Crippen molar-refractivity contribution in [3.8, 4) is 56.2 Å². The standard InChI is InChI=1S/C58H35N5/c1-2-9-35(10-3-1)48-28-25-39-19-20-40-26-30-51(63-58(40)57(39)62-48)55-45-14-6-4-12-43(45)54(44-13-5-7-15-46(44)55)42-22-18-37-23-27-49(60-53(37)34-42)41-21-17-36-24-29-50(61-52(36)33-41)47-16-8-11-38-31-32-59-56(38)47/h1-34,59H. The fourth-order valence-electron chi connectivity index (χ4n) is 9.55. The van der Waals surface area contributed by atoms with Crippen LogP contribution in [0.15, 0.2) is 206 Å². The molecule has 1 N–H and O–H groups in total. The molecule has 0 aliphatic rings. The second-order valence-corrected chi connectivity index (χ2v) is 16.3.